The van der Waals surface area contributed by atoms with Crippen LogP contribution in [0.15, 0.2) is 46.0 Å². The van der Waals surface area contributed by atoms with E-state index >= 15 is 0 Å². The van der Waals surface area contributed by atoms with Gasteiger partial charge in [-0.25, -0.2) is 5.43 Å². The number of hydrogen-bond donors (Lipinski definition) is 1. The molecule has 0 fully saturated rings. The van der Waals surface area contributed by atoms with E-state index in [0.29, 0.717) is 30.3 Å². The molecule has 2 rings (SSSR count). The highest BCUT2D eigenvalue weighted by atomic mass is 79.9. The summed E-state index contributed by atoms with van der Waals surface area (Å²) in [5, 5.41) is 4.00. The molecular formula is C20H23BrN2O4. The highest BCUT2D eigenvalue weighted by molar-refractivity contribution is 9.10. The molecule has 27 heavy (non-hydrogen) atoms. The Bertz CT molecular complexity index is 809. The molecular weight excluding hydrogens is 412 g/mol. The number of hydrazone groups is 1. The number of rotatable bonds is 9. The molecule has 1 N–H and O–H groups in total. The minimum Gasteiger partial charge on any atom is -0.496 e. The van der Waals surface area contributed by atoms with Crippen LogP contribution in [0.25, 0.3) is 0 Å². The van der Waals surface area contributed by atoms with Crippen molar-refractivity contribution in [2.45, 2.75) is 20.3 Å². The minimum atomic E-state index is -0.332. The van der Waals surface area contributed by atoms with Crippen molar-refractivity contribution >= 4 is 28.1 Å². The van der Waals surface area contributed by atoms with Gasteiger partial charge in [0.15, 0.2) is 11.5 Å². The van der Waals surface area contributed by atoms with Crippen molar-refractivity contribution in [3.8, 4) is 17.2 Å². The van der Waals surface area contributed by atoms with Crippen molar-refractivity contribution in [2.75, 3.05) is 20.3 Å². The van der Waals surface area contributed by atoms with Crippen LogP contribution in [0.2, 0.25) is 0 Å². The Labute approximate surface area is 167 Å². The number of halogens is 1. The minimum absolute atomic E-state index is 0.332. The van der Waals surface area contributed by atoms with Crippen LogP contribution in [0.3, 0.4) is 0 Å². The summed E-state index contributed by atoms with van der Waals surface area (Å²) in [6.07, 6.45) is 2.45. The van der Waals surface area contributed by atoms with E-state index in [-0.39, 0.29) is 5.91 Å². The fourth-order valence-electron chi connectivity index (χ4n) is 2.24. The standard InChI is InChI=1S/C20H23BrN2O4/c1-4-10-27-18-9-7-15(12-19(18)26-5-2)20(24)23-22-13-14-6-8-17(25-3)16(21)11-14/h6-9,11-13H,4-5,10H2,1-3H3,(H,23,24)/b22-13+. The Morgan fingerprint density at radius 1 is 1.11 bits per heavy atom. The monoisotopic (exact) mass is 434 g/mol. The molecule has 0 aliphatic carbocycles. The Balaban J connectivity index is 2.06. The number of nitrogens with one attached hydrogen (secondary N) is 1. The van der Waals surface area contributed by atoms with E-state index in [1.54, 1.807) is 31.5 Å². The third-order valence-corrected chi connectivity index (χ3v) is 4.14. The van der Waals surface area contributed by atoms with Crippen LogP contribution in [0.1, 0.15) is 36.2 Å². The van der Waals surface area contributed by atoms with Gasteiger partial charge in [-0.3, -0.25) is 4.79 Å². The SMILES string of the molecule is CCCOc1ccc(C(=O)N/N=C/c2ccc(OC)c(Br)c2)cc1OCC. The topological polar surface area (TPSA) is 69.2 Å². The van der Waals surface area contributed by atoms with Crippen molar-refractivity contribution in [3.05, 3.63) is 52.0 Å². The summed E-state index contributed by atoms with van der Waals surface area (Å²) in [5.41, 5.74) is 3.78. The molecule has 7 heteroatoms. The lowest BCUT2D eigenvalue weighted by molar-refractivity contribution is 0.0954. The predicted octanol–water partition coefficient (Wildman–Crippen LogP) is 4.41. The maximum atomic E-state index is 12.3. The molecule has 0 unspecified atom stereocenters. The fourth-order valence-corrected chi connectivity index (χ4v) is 2.80. The van der Waals surface area contributed by atoms with Crippen LogP contribution in [0, 0.1) is 0 Å². The Morgan fingerprint density at radius 3 is 2.56 bits per heavy atom. The molecule has 0 saturated carbocycles. The Kier molecular flexibility index (Phi) is 8.13. The smallest absolute Gasteiger partial charge is 0.271 e. The zero-order chi connectivity index (χ0) is 19.6. The summed E-state index contributed by atoms with van der Waals surface area (Å²) >= 11 is 3.41. The lowest BCUT2D eigenvalue weighted by Crippen LogP contribution is -2.17. The third-order valence-electron chi connectivity index (χ3n) is 3.52. The number of amides is 1. The second-order valence-electron chi connectivity index (χ2n) is 5.54. The molecule has 0 saturated heterocycles. The third kappa shape index (κ3) is 5.99. The number of carbonyl (C=O) groups is 1. The Morgan fingerprint density at radius 2 is 1.89 bits per heavy atom. The van der Waals surface area contributed by atoms with Crippen LogP contribution >= 0.6 is 15.9 Å². The summed E-state index contributed by atoms with van der Waals surface area (Å²) in [4.78, 5) is 12.3. The molecule has 0 radical (unpaired) electrons. The van der Waals surface area contributed by atoms with Crippen molar-refractivity contribution < 1.29 is 19.0 Å². The van der Waals surface area contributed by atoms with Gasteiger partial charge in [0.2, 0.25) is 0 Å². The van der Waals surface area contributed by atoms with Crippen molar-refractivity contribution in [1.82, 2.24) is 5.43 Å². The van der Waals surface area contributed by atoms with Gasteiger partial charge in [-0.05, 0) is 71.2 Å². The second-order valence-corrected chi connectivity index (χ2v) is 6.39. The van der Waals surface area contributed by atoms with Crippen molar-refractivity contribution in [2.24, 2.45) is 5.10 Å². The molecule has 144 valence electrons. The first kappa shape index (κ1) is 20.8. The van der Waals surface area contributed by atoms with E-state index in [4.69, 9.17) is 14.2 Å². The first-order valence-electron chi connectivity index (χ1n) is 8.65. The first-order chi connectivity index (χ1) is 13.1. The molecule has 0 aliphatic rings. The molecule has 1 amide bonds. The van der Waals surface area contributed by atoms with Gasteiger partial charge in [0, 0.05) is 5.56 Å². The zero-order valence-corrected chi connectivity index (χ0v) is 17.2. The Hall–Kier alpha value is -2.54. The second kappa shape index (κ2) is 10.6. The maximum Gasteiger partial charge on any atom is 0.271 e. The molecule has 0 heterocycles. The lowest BCUT2D eigenvalue weighted by Gasteiger charge is -2.12. The van der Waals surface area contributed by atoms with Gasteiger partial charge in [-0.2, -0.15) is 5.10 Å². The van der Waals surface area contributed by atoms with Gasteiger partial charge in [0.25, 0.3) is 5.91 Å². The van der Waals surface area contributed by atoms with Crippen LogP contribution in [0.4, 0.5) is 0 Å². The predicted molar refractivity (Wildman–Crippen MR) is 109 cm³/mol. The van der Waals surface area contributed by atoms with E-state index in [1.165, 1.54) is 0 Å². The summed E-state index contributed by atoms with van der Waals surface area (Å²) in [6, 6.07) is 10.6. The first-order valence-corrected chi connectivity index (χ1v) is 9.44. The van der Waals surface area contributed by atoms with E-state index in [1.807, 2.05) is 32.0 Å². The van der Waals surface area contributed by atoms with E-state index in [0.717, 1.165) is 22.2 Å². The number of carbonyl (C=O) groups excluding carboxylic acids is 1. The molecule has 0 atom stereocenters. The quantitative estimate of drug-likeness (QED) is 0.468. The molecule has 2 aromatic carbocycles. The molecule has 2 aromatic rings. The summed E-state index contributed by atoms with van der Waals surface area (Å²) in [7, 11) is 1.60. The normalized spacial score (nSPS) is 10.7. The van der Waals surface area contributed by atoms with Gasteiger partial charge in [0.05, 0.1) is 31.0 Å². The van der Waals surface area contributed by atoms with E-state index in [2.05, 4.69) is 26.5 Å². The van der Waals surface area contributed by atoms with Gasteiger partial charge in [0.1, 0.15) is 5.75 Å². The van der Waals surface area contributed by atoms with Crippen molar-refractivity contribution in [3.63, 3.8) is 0 Å². The lowest BCUT2D eigenvalue weighted by atomic mass is 10.2. The molecule has 0 aromatic heterocycles. The molecule has 0 aliphatic heterocycles. The maximum absolute atomic E-state index is 12.3. The highest BCUT2D eigenvalue weighted by Gasteiger charge is 2.11. The number of methoxy groups -OCH3 is 1. The molecule has 0 spiro atoms. The highest BCUT2D eigenvalue weighted by Crippen LogP contribution is 2.29. The largest absolute Gasteiger partial charge is 0.496 e. The van der Waals surface area contributed by atoms with Gasteiger partial charge in [-0.15, -0.1) is 0 Å². The number of hydrogen-bond acceptors (Lipinski definition) is 5. The number of ether oxygens (including phenoxy) is 3. The molecule has 0 bridgehead atoms. The number of nitrogens with zero attached hydrogens (tertiary/aromatic N) is 1. The zero-order valence-electron chi connectivity index (χ0n) is 15.6. The fraction of sp³-hybridized carbons (Fsp3) is 0.300. The number of benzene rings is 2. The van der Waals surface area contributed by atoms with Gasteiger partial charge >= 0.3 is 0 Å². The van der Waals surface area contributed by atoms with Gasteiger partial charge < -0.3 is 14.2 Å². The molecule has 6 nitrogen and oxygen atoms in total. The average molecular weight is 435 g/mol. The van der Waals surface area contributed by atoms with Crippen LogP contribution in [-0.2, 0) is 0 Å². The van der Waals surface area contributed by atoms with Crippen molar-refractivity contribution in [1.29, 1.82) is 0 Å². The van der Waals surface area contributed by atoms with E-state index in [9.17, 15) is 4.79 Å². The van der Waals surface area contributed by atoms with E-state index < -0.39 is 0 Å². The average Bonchev–Trinajstić information content (AvgIpc) is 2.67. The summed E-state index contributed by atoms with van der Waals surface area (Å²) < 4.78 is 17.2. The summed E-state index contributed by atoms with van der Waals surface area (Å²) in [5.74, 6) is 1.57. The van der Waals surface area contributed by atoms with Gasteiger partial charge in [-0.1, -0.05) is 6.92 Å². The van der Waals surface area contributed by atoms with Crippen LogP contribution in [-0.4, -0.2) is 32.4 Å². The summed E-state index contributed by atoms with van der Waals surface area (Å²) in [6.45, 7) is 4.99. The van der Waals surface area contributed by atoms with Crippen LogP contribution in [0.5, 0.6) is 17.2 Å². The van der Waals surface area contributed by atoms with Crippen LogP contribution < -0.4 is 19.6 Å².